The van der Waals surface area contributed by atoms with Crippen LogP contribution >= 0.6 is 0 Å². The molecule has 0 radical (unpaired) electrons. The Balaban J connectivity index is 1.28. The van der Waals surface area contributed by atoms with E-state index in [4.69, 9.17) is 0 Å². The summed E-state index contributed by atoms with van der Waals surface area (Å²) in [6, 6.07) is 5.97. The Morgan fingerprint density at radius 1 is 1.04 bits per heavy atom. The van der Waals surface area contributed by atoms with Crippen molar-refractivity contribution in [1.82, 2.24) is 14.5 Å². The number of fused-ring (bicyclic) bond motifs is 1. The quantitative estimate of drug-likeness (QED) is 0.818. The van der Waals surface area contributed by atoms with Crippen molar-refractivity contribution in [2.75, 3.05) is 31.1 Å². The zero-order chi connectivity index (χ0) is 19.1. The molecule has 148 valence electrons. The van der Waals surface area contributed by atoms with Crippen molar-refractivity contribution in [3.05, 3.63) is 34.9 Å². The smallest absolute Gasteiger partial charge is 0.261 e. The molecular formula is C22H28N4O2. The lowest BCUT2D eigenvalue weighted by molar-refractivity contribution is -0.135. The molecule has 1 aromatic heterocycles. The van der Waals surface area contributed by atoms with E-state index in [0.29, 0.717) is 17.2 Å². The van der Waals surface area contributed by atoms with E-state index in [-0.39, 0.29) is 11.5 Å². The van der Waals surface area contributed by atoms with Crippen LogP contribution in [0.4, 0.5) is 5.69 Å². The van der Waals surface area contributed by atoms with Gasteiger partial charge in [0.2, 0.25) is 5.91 Å². The fourth-order valence-corrected chi connectivity index (χ4v) is 4.67. The van der Waals surface area contributed by atoms with Gasteiger partial charge in [-0.15, -0.1) is 0 Å². The molecule has 1 aliphatic heterocycles. The Morgan fingerprint density at radius 3 is 2.50 bits per heavy atom. The van der Waals surface area contributed by atoms with Gasteiger partial charge in [-0.3, -0.25) is 14.2 Å². The van der Waals surface area contributed by atoms with E-state index in [2.05, 4.69) is 9.88 Å². The van der Waals surface area contributed by atoms with Gasteiger partial charge in [-0.1, -0.05) is 12.8 Å². The molecule has 2 aliphatic carbocycles. The number of rotatable bonds is 4. The van der Waals surface area contributed by atoms with Crippen molar-refractivity contribution in [2.45, 2.75) is 45.1 Å². The summed E-state index contributed by atoms with van der Waals surface area (Å²) >= 11 is 0. The molecule has 0 atom stereocenters. The van der Waals surface area contributed by atoms with Crippen LogP contribution in [-0.4, -0.2) is 46.5 Å². The number of carbonyl (C=O) groups excluding carboxylic acids is 1. The average molecular weight is 380 g/mol. The molecule has 1 saturated heterocycles. The zero-order valence-electron chi connectivity index (χ0n) is 16.3. The zero-order valence-corrected chi connectivity index (χ0v) is 16.3. The predicted octanol–water partition coefficient (Wildman–Crippen LogP) is 2.65. The molecule has 28 heavy (non-hydrogen) atoms. The van der Waals surface area contributed by atoms with E-state index in [1.807, 2.05) is 23.1 Å². The molecule has 2 heterocycles. The Labute approximate surface area is 165 Å². The van der Waals surface area contributed by atoms with Crippen LogP contribution in [0.1, 0.15) is 38.5 Å². The van der Waals surface area contributed by atoms with Gasteiger partial charge in [0, 0.05) is 44.3 Å². The lowest BCUT2D eigenvalue weighted by Gasteiger charge is -2.37. The van der Waals surface area contributed by atoms with Gasteiger partial charge in [0.25, 0.3) is 5.56 Å². The van der Waals surface area contributed by atoms with E-state index in [0.717, 1.165) is 56.8 Å². The standard InChI is InChI=1S/C22H28N4O2/c27-21(17-3-1-2-4-17)25-11-9-24(10-12-25)18-7-8-19-20(13-18)23-15-26(22(19)28)14-16-5-6-16/h7-8,13,15-17H,1-6,9-12,14H2. The SMILES string of the molecule is O=C(C1CCCC1)N1CCN(c2ccc3c(=O)n(CC4CC4)cnc3c2)CC1. The van der Waals surface area contributed by atoms with Crippen molar-refractivity contribution in [3.8, 4) is 0 Å². The molecule has 0 bridgehead atoms. The summed E-state index contributed by atoms with van der Waals surface area (Å²) in [5.41, 5.74) is 1.92. The Hall–Kier alpha value is -2.37. The summed E-state index contributed by atoms with van der Waals surface area (Å²) in [7, 11) is 0. The van der Waals surface area contributed by atoms with Crippen LogP contribution in [-0.2, 0) is 11.3 Å². The van der Waals surface area contributed by atoms with Gasteiger partial charge >= 0.3 is 0 Å². The topological polar surface area (TPSA) is 58.4 Å². The Kier molecular flexibility index (Phi) is 4.57. The van der Waals surface area contributed by atoms with Crippen LogP contribution in [0.2, 0.25) is 0 Å². The second kappa shape index (κ2) is 7.22. The summed E-state index contributed by atoms with van der Waals surface area (Å²) in [6.07, 6.45) is 8.66. The number of piperazine rings is 1. The fraction of sp³-hybridized carbons (Fsp3) is 0.591. The molecule has 3 fully saturated rings. The molecule has 0 unspecified atom stereocenters. The minimum absolute atomic E-state index is 0.0652. The summed E-state index contributed by atoms with van der Waals surface area (Å²) in [5, 5.41) is 0.696. The molecule has 6 nitrogen and oxygen atoms in total. The van der Waals surface area contributed by atoms with E-state index in [1.54, 1.807) is 10.9 Å². The van der Waals surface area contributed by atoms with Gasteiger partial charge in [-0.05, 0) is 49.8 Å². The van der Waals surface area contributed by atoms with E-state index in [9.17, 15) is 9.59 Å². The highest BCUT2D eigenvalue weighted by atomic mass is 16.2. The lowest BCUT2D eigenvalue weighted by atomic mass is 10.1. The molecular weight excluding hydrogens is 352 g/mol. The van der Waals surface area contributed by atoms with Crippen molar-refractivity contribution < 1.29 is 4.79 Å². The number of benzene rings is 1. The minimum atomic E-state index is 0.0652. The summed E-state index contributed by atoms with van der Waals surface area (Å²) in [6.45, 7) is 4.03. The molecule has 0 N–H and O–H groups in total. The molecule has 0 spiro atoms. The number of amides is 1. The van der Waals surface area contributed by atoms with Crippen molar-refractivity contribution in [2.24, 2.45) is 11.8 Å². The van der Waals surface area contributed by atoms with Gasteiger partial charge in [0.05, 0.1) is 17.2 Å². The second-order valence-corrected chi connectivity index (χ2v) is 8.64. The van der Waals surface area contributed by atoms with Crippen LogP contribution in [0, 0.1) is 11.8 Å². The highest BCUT2D eigenvalue weighted by Gasteiger charge is 2.29. The van der Waals surface area contributed by atoms with Gasteiger partial charge in [-0.25, -0.2) is 4.98 Å². The Morgan fingerprint density at radius 2 is 1.79 bits per heavy atom. The number of hydrogen-bond donors (Lipinski definition) is 0. The molecule has 1 aromatic carbocycles. The van der Waals surface area contributed by atoms with Crippen LogP contribution in [0.15, 0.2) is 29.3 Å². The van der Waals surface area contributed by atoms with Gasteiger partial charge in [-0.2, -0.15) is 0 Å². The first-order chi connectivity index (χ1) is 13.7. The molecule has 2 saturated carbocycles. The van der Waals surface area contributed by atoms with Crippen molar-refractivity contribution in [1.29, 1.82) is 0 Å². The highest BCUT2D eigenvalue weighted by molar-refractivity contribution is 5.82. The third-order valence-electron chi connectivity index (χ3n) is 6.62. The van der Waals surface area contributed by atoms with Gasteiger partial charge in [0.15, 0.2) is 0 Å². The maximum Gasteiger partial charge on any atom is 0.261 e. The lowest BCUT2D eigenvalue weighted by Crippen LogP contribution is -2.50. The highest BCUT2D eigenvalue weighted by Crippen LogP contribution is 2.30. The largest absolute Gasteiger partial charge is 0.368 e. The van der Waals surface area contributed by atoms with Crippen molar-refractivity contribution >= 4 is 22.5 Å². The normalized spacial score (nSPS) is 20.9. The fourth-order valence-electron chi connectivity index (χ4n) is 4.67. The monoisotopic (exact) mass is 380 g/mol. The maximum absolute atomic E-state index is 12.7. The van der Waals surface area contributed by atoms with Crippen LogP contribution in [0.25, 0.3) is 10.9 Å². The number of carbonyl (C=O) groups is 1. The molecule has 5 rings (SSSR count). The van der Waals surface area contributed by atoms with E-state index < -0.39 is 0 Å². The number of aromatic nitrogens is 2. The summed E-state index contributed by atoms with van der Waals surface area (Å²) in [5.74, 6) is 1.27. The number of nitrogens with zero attached hydrogens (tertiary/aromatic N) is 4. The maximum atomic E-state index is 12.7. The van der Waals surface area contributed by atoms with Crippen LogP contribution in [0.3, 0.4) is 0 Å². The molecule has 2 aromatic rings. The molecule has 6 heteroatoms. The third kappa shape index (κ3) is 3.40. The van der Waals surface area contributed by atoms with Gasteiger partial charge < -0.3 is 9.80 Å². The second-order valence-electron chi connectivity index (χ2n) is 8.64. The third-order valence-corrected chi connectivity index (χ3v) is 6.62. The average Bonchev–Trinajstić information content (AvgIpc) is 3.38. The van der Waals surface area contributed by atoms with Crippen molar-refractivity contribution in [3.63, 3.8) is 0 Å². The first-order valence-electron chi connectivity index (χ1n) is 10.7. The van der Waals surface area contributed by atoms with E-state index >= 15 is 0 Å². The molecule has 1 amide bonds. The first-order valence-corrected chi connectivity index (χ1v) is 10.7. The predicted molar refractivity (Wildman–Crippen MR) is 109 cm³/mol. The molecule has 3 aliphatic rings. The minimum Gasteiger partial charge on any atom is -0.368 e. The summed E-state index contributed by atoms with van der Waals surface area (Å²) < 4.78 is 1.76. The number of hydrogen-bond acceptors (Lipinski definition) is 4. The Bertz CT molecular complexity index is 935. The van der Waals surface area contributed by atoms with E-state index in [1.165, 1.54) is 25.7 Å². The van der Waals surface area contributed by atoms with Crippen LogP contribution in [0.5, 0.6) is 0 Å². The number of anilines is 1. The van der Waals surface area contributed by atoms with Gasteiger partial charge in [0.1, 0.15) is 0 Å². The van der Waals surface area contributed by atoms with Crippen LogP contribution < -0.4 is 10.5 Å². The first kappa shape index (κ1) is 17.7. The summed E-state index contributed by atoms with van der Waals surface area (Å²) in [4.78, 5) is 34.2.